The SMILES string of the molecule is CCOC(=O)c1ccc(N2CCN(C(=O)c3ccn4c(-c5ccc(Cl)cc5)nc(C(C)(C)C)c4n3)C(C)(C)C2)nc1. The van der Waals surface area contributed by atoms with Gasteiger partial charge in [0.15, 0.2) is 5.65 Å². The zero-order chi connectivity index (χ0) is 29.5. The van der Waals surface area contributed by atoms with Crippen molar-refractivity contribution in [2.75, 3.05) is 31.1 Å². The smallest absolute Gasteiger partial charge is 0.339 e. The van der Waals surface area contributed by atoms with Gasteiger partial charge in [-0.15, -0.1) is 0 Å². The van der Waals surface area contributed by atoms with Crippen LogP contribution >= 0.6 is 11.6 Å². The van der Waals surface area contributed by atoms with Crippen molar-refractivity contribution in [3.8, 4) is 11.4 Å². The molecule has 1 amide bonds. The Morgan fingerprint density at radius 3 is 2.37 bits per heavy atom. The molecule has 0 saturated carbocycles. The lowest BCUT2D eigenvalue weighted by Gasteiger charge is -2.47. The van der Waals surface area contributed by atoms with E-state index in [0.29, 0.717) is 48.2 Å². The fourth-order valence-electron chi connectivity index (χ4n) is 5.17. The number of hydrogen-bond donors (Lipinski definition) is 0. The van der Waals surface area contributed by atoms with Gasteiger partial charge in [-0.1, -0.05) is 32.4 Å². The van der Waals surface area contributed by atoms with Gasteiger partial charge in [-0.25, -0.2) is 19.7 Å². The molecular weight excluding hydrogens is 540 g/mol. The van der Waals surface area contributed by atoms with Gasteiger partial charge >= 0.3 is 5.97 Å². The molecule has 5 rings (SSSR count). The number of pyridine rings is 1. The number of nitrogens with zero attached hydrogens (tertiary/aromatic N) is 6. The fraction of sp³-hybridized carbons (Fsp3) is 0.387. The quantitative estimate of drug-likeness (QED) is 0.284. The van der Waals surface area contributed by atoms with Crippen molar-refractivity contribution in [1.82, 2.24) is 24.3 Å². The Bertz CT molecular complexity index is 1590. The minimum absolute atomic E-state index is 0.128. The number of hydrogen-bond acceptors (Lipinski definition) is 7. The van der Waals surface area contributed by atoms with Crippen molar-refractivity contribution in [2.45, 2.75) is 52.5 Å². The summed E-state index contributed by atoms with van der Waals surface area (Å²) < 4.78 is 7.00. The molecule has 1 aliphatic heterocycles. The summed E-state index contributed by atoms with van der Waals surface area (Å²) >= 11 is 6.11. The van der Waals surface area contributed by atoms with Gasteiger partial charge in [-0.2, -0.15) is 0 Å². The number of halogens is 1. The third-order valence-electron chi connectivity index (χ3n) is 7.26. The summed E-state index contributed by atoms with van der Waals surface area (Å²) in [7, 11) is 0. The number of amides is 1. The highest BCUT2D eigenvalue weighted by Crippen LogP contribution is 2.31. The number of anilines is 1. The van der Waals surface area contributed by atoms with E-state index in [1.54, 1.807) is 19.1 Å². The molecule has 1 fully saturated rings. The van der Waals surface area contributed by atoms with Gasteiger partial charge in [0.1, 0.15) is 17.3 Å². The number of ether oxygens (including phenoxy) is 1. The lowest BCUT2D eigenvalue weighted by atomic mass is 9.92. The molecular formula is C31H35ClN6O3. The highest BCUT2D eigenvalue weighted by atomic mass is 35.5. The molecule has 0 unspecified atom stereocenters. The monoisotopic (exact) mass is 574 g/mol. The number of aromatic nitrogens is 4. The number of fused-ring (bicyclic) bond motifs is 1. The van der Waals surface area contributed by atoms with Crippen LogP contribution in [0.3, 0.4) is 0 Å². The van der Waals surface area contributed by atoms with Gasteiger partial charge in [0, 0.05) is 48.0 Å². The number of carbonyl (C=O) groups excluding carboxylic acids is 2. The van der Waals surface area contributed by atoms with E-state index in [9.17, 15) is 9.59 Å². The highest BCUT2D eigenvalue weighted by molar-refractivity contribution is 6.30. The first-order valence-electron chi connectivity index (χ1n) is 13.7. The summed E-state index contributed by atoms with van der Waals surface area (Å²) in [4.78, 5) is 44.2. The summed E-state index contributed by atoms with van der Waals surface area (Å²) in [5, 5.41) is 0.656. The molecule has 4 aromatic rings. The van der Waals surface area contributed by atoms with Gasteiger partial charge in [-0.3, -0.25) is 9.20 Å². The predicted octanol–water partition coefficient (Wildman–Crippen LogP) is 5.66. The topological polar surface area (TPSA) is 92.9 Å². The summed E-state index contributed by atoms with van der Waals surface area (Å²) in [6.45, 7) is 14.1. The maximum absolute atomic E-state index is 13.9. The highest BCUT2D eigenvalue weighted by Gasteiger charge is 2.38. The van der Waals surface area contributed by atoms with E-state index in [-0.39, 0.29) is 17.3 Å². The Hall–Kier alpha value is -3.98. The Labute approximate surface area is 245 Å². The second-order valence-corrected chi connectivity index (χ2v) is 12.3. The van der Waals surface area contributed by atoms with Crippen LogP contribution in [0.15, 0.2) is 54.9 Å². The number of benzene rings is 1. The molecule has 0 atom stereocenters. The van der Waals surface area contributed by atoms with Crippen LogP contribution < -0.4 is 4.90 Å². The van der Waals surface area contributed by atoms with Crippen LogP contribution in [0.5, 0.6) is 0 Å². The second-order valence-electron chi connectivity index (χ2n) is 11.9. The van der Waals surface area contributed by atoms with Crippen molar-refractivity contribution in [3.05, 3.63) is 76.8 Å². The fourth-order valence-corrected chi connectivity index (χ4v) is 5.29. The molecule has 9 nitrogen and oxygen atoms in total. The lowest BCUT2D eigenvalue weighted by molar-refractivity contribution is 0.0502. The van der Waals surface area contributed by atoms with E-state index in [1.165, 1.54) is 6.20 Å². The standard InChI is InChI=1S/C31H35ClN6O3/c1-7-41-29(40)21-10-13-24(33-18-21)36-16-17-38(31(5,6)19-36)28(39)23-14-15-37-26(20-8-11-22(32)12-9-20)35-25(27(37)34-23)30(2,3)4/h8-15,18H,7,16-17,19H2,1-6H3. The summed E-state index contributed by atoms with van der Waals surface area (Å²) in [6, 6.07) is 12.9. The molecule has 41 heavy (non-hydrogen) atoms. The minimum Gasteiger partial charge on any atom is -0.462 e. The van der Waals surface area contributed by atoms with E-state index in [0.717, 1.165) is 22.9 Å². The predicted molar refractivity (Wildman–Crippen MR) is 160 cm³/mol. The molecule has 0 N–H and O–H groups in total. The number of esters is 1. The number of rotatable bonds is 5. The van der Waals surface area contributed by atoms with Gasteiger partial charge in [0.2, 0.25) is 0 Å². The lowest BCUT2D eigenvalue weighted by Crippen LogP contribution is -2.61. The molecule has 214 valence electrons. The molecule has 4 heterocycles. The Morgan fingerprint density at radius 2 is 1.76 bits per heavy atom. The average molecular weight is 575 g/mol. The Kier molecular flexibility index (Phi) is 7.50. The molecule has 1 aliphatic rings. The normalized spacial score (nSPS) is 15.3. The van der Waals surface area contributed by atoms with Crippen LogP contribution in [0.4, 0.5) is 5.82 Å². The number of imidazole rings is 1. The molecule has 1 aromatic carbocycles. The Balaban J connectivity index is 1.41. The van der Waals surface area contributed by atoms with Crippen LogP contribution in [-0.4, -0.2) is 67.9 Å². The van der Waals surface area contributed by atoms with Gasteiger partial charge in [0.05, 0.1) is 23.4 Å². The number of piperazine rings is 1. The zero-order valence-electron chi connectivity index (χ0n) is 24.3. The first-order valence-corrected chi connectivity index (χ1v) is 14.1. The van der Waals surface area contributed by atoms with Gasteiger partial charge in [-0.05, 0) is 63.2 Å². The summed E-state index contributed by atoms with van der Waals surface area (Å²) in [6.07, 6.45) is 3.41. The average Bonchev–Trinajstić information content (AvgIpc) is 3.32. The van der Waals surface area contributed by atoms with E-state index in [2.05, 4.69) is 30.7 Å². The molecule has 0 radical (unpaired) electrons. The van der Waals surface area contributed by atoms with Crippen molar-refractivity contribution in [1.29, 1.82) is 0 Å². The van der Waals surface area contributed by atoms with Crippen molar-refractivity contribution < 1.29 is 14.3 Å². The minimum atomic E-state index is -0.494. The molecule has 1 saturated heterocycles. The van der Waals surface area contributed by atoms with Crippen LogP contribution in [0.2, 0.25) is 5.02 Å². The maximum Gasteiger partial charge on any atom is 0.339 e. The van der Waals surface area contributed by atoms with Crippen molar-refractivity contribution in [3.63, 3.8) is 0 Å². The molecule has 0 spiro atoms. The number of carbonyl (C=O) groups is 2. The first-order chi connectivity index (χ1) is 19.4. The maximum atomic E-state index is 13.9. The van der Waals surface area contributed by atoms with Crippen molar-refractivity contribution in [2.24, 2.45) is 0 Å². The van der Waals surface area contributed by atoms with Crippen molar-refractivity contribution >= 4 is 34.9 Å². The third-order valence-corrected chi connectivity index (χ3v) is 7.51. The second kappa shape index (κ2) is 10.8. The summed E-state index contributed by atoms with van der Waals surface area (Å²) in [5.41, 5.74) is 2.41. The van der Waals surface area contributed by atoms with Gasteiger partial charge < -0.3 is 14.5 Å². The van der Waals surface area contributed by atoms with E-state index in [4.69, 9.17) is 26.3 Å². The molecule has 0 aliphatic carbocycles. The van der Waals surface area contributed by atoms with E-state index >= 15 is 0 Å². The van der Waals surface area contributed by atoms with Gasteiger partial charge in [0.25, 0.3) is 5.91 Å². The largest absolute Gasteiger partial charge is 0.462 e. The third kappa shape index (κ3) is 5.63. The zero-order valence-corrected chi connectivity index (χ0v) is 25.1. The van der Waals surface area contributed by atoms with Crippen LogP contribution in [-0.2, 0) is 10.2 Å². The molecule has 10 heteroatoms. The molecule has 0 bridgehead atoms. The first kappa shape index (κ1) is 28.5. The summed E-state index contributed by atoms with van der Waals surface area (Å²) in [5.74, 6) is 0.988. The molecule has 3 aromatic heterocycles. The van der Waals surface area contributed by atoms with Crippen LogP contribution in [0.25, 0.3) is 17.0 Å². The van der Waals surface area contributed by atoms with E-state index < -0.39 is 5.54 Å². The van der Waals surface area contributed by atoms with Crippen LogP contribution in [0, 0.1) is 0 Å². The van der Waals surface area contributed by atoms with E-state index in [1.807, 2.05) is 59.7 Å². The Morgan fingerprint density at radius 1 is 1.02 bits per heavy atom. The van der Waals surface area contributed by atoms with Crippen LogP contribution in [0.1, 0.15) is 68.1 Å².